The van der Waals surface area contributed by atoms with Gasteiger partial charge in [0.15, 0.2) is 11.5 Å². The molecule has 1 aliphatic heterocycles. The highest BCUT2D eigenvalue weighted by Crippen LogP contribution is 2.31. The normalized spacial score (nSPS) is 18.7. The van der Waals surface area contributed by atoms with E-state index in [1.54, 1.807) is 12.1 Å². The lowest BCUT2D eigenvalue weighted by atomic mass is 10.1. The molecule has 1 N–H and O–H groups in total. The first-order valence-electron chi connectivity index (χ1n) is 7.23. The van der Waals surface area contributed by atoms with Crippen LogP contribution in [0.15, 0.2) is 30.6 Å². The fourth-order valence-corrected chi connectivity index (χ4v) is 2.36. The van der Waals surface area contributed by atoms with Crippen LogP contribution >= 0.6 is 0 Å². The van der Waals surface area contributed by atoms with Gasteiger partial charge in [-0.2, -0.15) is 13.2 Å². The summed E-state index contributed by atoms with van der Waals surface area (Å²) in [6.07, 6.45) is 0.133. The van der Waals surface area contributed by atoms with Crippen molar-refractivity contribution in [3.63, 3.8) is 0 Å². The van der Waals surface area contributed by atoms with Gasteiger partial charge in [-0.3, -0.25) is 4.98 Å². The van der Waals surface area contributed by atoms with Gasteiger partial charge in [-0.15, -0.1) is 0 Å². The Morgan fingerprint density at radius 1 is 1.17 bits per heavy atom. The van der Waals surface area contributed by atoms with Crippen LogP contribution in [-0.4, -0.2) is 34.2 Å². The number of hydrogen-bond acceptors (Lipinski definition) is 5. The highest BCUT2D eigenvalue weighted by molar-refractivity contribution is 5.57. The summed E-state index contributed by atoms with van der Waals surface area (Å²) in [5, 5.41) is 3.01. The van der Waals surface area contributed by atoms with Gasteiger partial charge >= 0.3 is 6.18 Å². The van der Waals surface area contributed by atoms with E-state index < -0.39 is 11.9 Å². The maximum absolute atomic E-state index is 13.1. The largest absolute Gasteiger partial charge is 0.433 e. The third-order valence-corrected chi connectivity index (χ3v) is 3.47. The third-order valence-electron chi connectivity index (χ3n) is 3.47. The molecule has 0 aromatic carbocycles. The number of aromatic nitrogens is 3. The molecule has 1 unspecified atom stereocenters. The van der Waals surface area contributed by atoms with E-state index >= 15 is 0 Å². The molecule has 3 rings (SSSR count). The molecule has 2 aromatic heterocycles. The average Bonchev–Trinajstić information content (AvgIpc) is 2.55. The van der Waals surface area contributed by atoms with Crippen LogP contribution in [0, 0.1) is 0 Å². The molecule has 1 saturated heterocycles. The Morgan fingerprint density at radius 3 is 2.61 bits per heavy atom. The Hall–Kier alpha value is -2.22. The smallest absolute Gasteiger partial charge is 0.379 e. The number of rotatable bonds is 3. The predicted molar refractivity (Wildman–Crippen MR) is 77.7 cm³/mol. The van der Waals surface area contributed by atoms with E-state index in [2.05, 4.69) is 20.3 Å². The molecule has 8 heteroatoms. The number of hydrogen-bond donors (Lipinski definition) is 1. The second-order valence-electron chi connectivity index (χ2n) is 5.25. The summed E-state index contributed by atoms with van der Waals surface area (Å²) in [7, 11) is 0. The van der Waals surface area contributed by atoms with Crippen LogP contribution in [0.2, 0.25) is 0 Å². The molecular formula is C15H15F3N4O. The summed E-state index contributed by atoms with van der Waals surface area (Å²) in [5.74, 6) is 0.163. The van der Waals surface area contributed by atoms with E-state index in [1.807, 2.05) is 0 Å². The number of anilines is 1. The van der Waals surface area contributed by atoms with Gasteiger partial charge in [0.2, 0.25) is 0 Å². The number of ether oxygens (including phenoxy) is 1. The summed E-state index contributed by atoms with van der Waals surface area (Å²) in [5.41, 5.74) is -0.493. The molecule has 0 amide bonds. The van der Waals surface area contributed by atoms with Gasteiger partial charge in [0.05, 0.1) is 12.6 Å². The van der Waals surface area contributed by atoms with Crippen molar-refractivity contribution in [2.75, 3.05) is 18.5 Å². The minimum Gasteiger partial charge on any atom is -0.379 e. The molecule has 23 heavy (non-hydrogen) atoms. The maximum atomic E-state index is 13.1. The minimum absolute atomic E-state index is 0.0152. The van der Waals surface area contributed by atoms with Crippen molar-refractivity contribution in [2.24, 2.45) is 0 Å². The molecule has 5 nitrogen and oxygen atoms in total. The van der Waals surface area contributed by atoms with Crippen LogP contribution in [-0.2, 0) is 10.9 Å². The first kappa shape index (κ1) is 15.7. The van der Waals surface area contributed by atoms with E-state index in [-0.39, 0.29) is 17.7 Å². The summed E-state index contributed by atoms with van der Waals surface area (Å²) in [6.45, 7) is 1.13. The quantitative estimate of drug-likeness (QED) is 0.940. The Kier molecular flexibility index (Phi) is 4.42. The van der Waals surface area contributed by atoms with E-state index in [1.165, 1.54) is 12.4 Å². The van der Waals surface area contributed by atoms with Crippen molar-refractivity contribution in [2.45, 2.75) is 25.1 Å². The first-order chi connectivity index (χ1) is 11.0. The van der Waals surface area contributed by atoms with Gasteiger partial charge in [0, 0.05) is 30.6 Å². The monoisotopic (exact) mass is 324 g/mol. The van der Waals surface area contributed by atoms with E-state index in [0.29, 0.717) is 18.8 Å². The van der Waals surface area contributed by atoms with E-state index in [0.717, 1.165) is 18.9 Å². The second kappa shape index (κ2) is 6.49. The number of alkyl halides is 3. The summed E-state index contributed by atoms with van der Waals surface area (Å²) in [4.78, 5) is 11.7. The molecule has 2 aromatic rings. The van der Waals surface area contributed by atoms with Crippen LogP contribution in [0.5, 0.6) is 0 Å². The summed E-state index contributed by atoms with van der Waals surface area (Å²) < 4.78 is 44.6. The van der Waals surface area contributed by atoms with Crippen molar-refractivity contribution in [3.05, 3.63) is 36.3 Å². The Balaban J connectivity index is 1.94. The van der Waals surface area contributed by atoms with Crippen LogP contribution in [0.4, 0.5) is 19.0 Å². The fourth-order valence-electron chi connectivity index (χ4n) is 2.36. The van der Waals surface area contributed by atoms with E-state index in [9.17, 15) is 13.2 Å². The van der Waals surface area contributed by atoms with Crippen molar-refractivity contribution < 1.29 is 17.9 Å². The average molecular weight is 324 g/mol. The number of nitrogens with one attached hydrogen (secondary N) is 1. The van der Waals surface area contributed by atoms with Gasteiger partial charge in [-0.25, -0.2) is 9.97 Å². The van der Waals surface area contributed by atoms with Crippen molar-refractivity contribution in [3.8, 4) is 11.4 Å². The molecular weight excluding hydrogens is 309 g/mol. The van der Waals surface area contributed by atoms with Crippen LogP contribution < -0.4 is 5.32 Å². The lowest BCUT2D eigenvalue weighted by Crippen LogP contribution is -2.30. The number of halogens is 3. The van der Waals surface area contributed by atoms with Crippen molar-refractivity contribution >= 4 is 5.82 Å². The predicted octanol–water partition coefficient (Wildman–Crippen LogP) is 3.15. The first-order valence-corrected chi connectivity index (χ1v) is 7.23. The van der Waals surface area contributed by atoms with Gasteiger partial charge in [-0.05, 0) is 25.0 Å². The second-order valence-corrected chi connectivity index (χ2v) is 5.25. The van der Waals surface area contributed by atoms with Crippen LogP contribution in [0.3, 0.4) is 0 Å². The van der Waals surface area contributed by atoms with Gasteiger partial charge in [0.25, 0.3) is 0 Å². The topological polar surface area (TPSA) is 59.9 Å². The lowest BCUT2D eigenvalue weighted by molar-refractivity contribution is -0.141. The highest BCUT2D eigenvalue weighted by Gasteiger charge is 2.34. The van der Waals surface area contributed by atoms with Crippen molar-refractivity contribution in [1.82, 2.24) is 15.0 Å². The third kappa shape index (κ3) is 3.95. The zero-order valence-corrected chi connectivity index (χ0v) is 12.2. The highest BCUT2D eigenvalue weighted by atomic mass is 19.4. The van der Waals surface area contributed by atoms with Crippen LogP contribution in [0.1, 0.15) is 18.5 Å². The molecule has 0 spiro atoms. The Morgan fingerprint density at radius 2 is 1.96 bits per heavy atom. The molecule has 1 atom stereocenters. The SMILES string of the molecule is FC(F)(F)c1cc(NC2CCCOC2)nc(-c2ccncc2)n1. The summed E-state index contributed by atoms with van der Waals surface area (Å²) in [6, 6.07) is 4.02. The fraction of sp³-hybridized carbons (Fsp3) is 0.400. The molecule has 3 heterocycles. The minimum atomic E-state index is -4.54. The molecule has 1 fully saturated rings. The molecule has 122 valence electrons. The molecule has 0 saturated carbocycles. The molecule has 1 aliphatic rings. The Labute approximate surface area is 130 Å². The molecule has 0 bridgehead atoms. The van der Waals surface area contributed by atoms with E-state index in [4.69, 9.17) is 4.74 Å². The number of pyridine rings is 1. The standard InChI is InChI=1S/C15H15F3N4O/c16-15(17,18)12-8-13(20-11-2-1-7-23-9-11)22-14(21-12)10-3-5-19-6-4-10/h3-6,8,11H,1-2,7,9H2,(H,20,21,22). The Bertz CT molecular complexity index is 658. The molecule has 0 aliphatic carbocycles. The molecule has 0 radical (unpaired) electrons. The number of nitrogens with zero attached hydrogens (tertiary/aromatic N) is 3. The van der Waals surface area contributed by atoms with Gasteiger partial charge < -0.3 is 10.1 Å². The summed E-state index contributed by atoms with van der Waals surface area (Å²) >= 11 is 0. The maximum Gasteiger partial charge on any atom is 0.433 e. The van der Waals surface area contributed by atoms with Crippen molar-refractivity contribution in [1.29, 1.82) is 0 Å². The zero-order valence-electron chi connectivity index (χ0n) is 12.2. The van der Waals surface area contributed by atoms with Gasteiger partial charge in [-0.1, -0.05) is 0 Å². The van der Waals surface area contributed by atoms with Crippen LogP contribution in [0.25, 0.3) is 11.4 Å². The van der Waals surface area contributed by atoms with Gasteiger partial charge in [0.1, 0.15) is 5.82 Å². The zero-order chi connectivity index (χ0) is 16.3. The lowest BCUT2D eigenvalue weighted by Gasteiger charge is -2.24.